The number of nitrogens with zero attached hydrogens (tertiary/aromatic N) is 2. The number of fused-ring (bicyclic) bond motifs is 1. The molecule has 2 aromatic carbocycles. The van der Waals surface area contributed by atoms with E-state index in [1.807, 2.05) is 37.3 Å². The fraction of sp³-hybridized carbons (Fsp3) is 0.296. The Morgan fingerprint density at radius 1 is 1.09 bits per heavy atom. The first-order valence-electron chi connectivity index (χ1n) is 11.8. The Bertz CT molecular complexity index is 1330. The van der Waals surface area contributed by atoms with E-state index < -0.39 is 0 Å². The number of halogens is 1. The lowest BCUT2D eigenvalue weighted by Crippen LogP contribution is -2.30. The lowest BCUT2D eigenvalue weighted by atomic mass is 9.83. The van der Waals surface area contributed by atoms with Gasteiger partial charge in [0.25, 0.3) is 0 Å². The van der Waals surface area contributed by atoms with Gasteiger partial charge in [0.2, 0.25) is 0 Å². The number of carbonyl (C=O) groups excluding carboxylic acids is 1. The zero-order valence-corrected chi connectivity index (χ0v) is 20.1. The molecular weight excluding hydrogens is 464 g/mol. The summed E-state index contributed by atoms with van der Waals surface area (Å²) in [4.78, 5) is 25.4. The van der Waals surface area contributed by atoms with Crippen LogP contribution in [0.5, 0.6) is 11.5 Å². The molecule has 0 amide bonds. The highest BCUT2D eigenvalue weighted by Gasteiger charge is 2.26. The van der Waals surface area contributed by atoms with Crippen molar-refractivity contribution in [2.75, 3.05) is 5.32 Å². The molecule has 2 heterocycles. The summed E-state index contributed by atoms with van der Waals surface area (Å²) in [6.07, 6.45) is 6.63. The summed E-state index contributed by atoms with van der Waals surface area (Å²) in [5.74, 6) is 1.98. The Morgan fingerprint density at radius 3 is 2.57 bits per heavy atom. The standard InChI is InChI=1S/C27H27ClN4O3/c1-16(33)17-7-9-18(10-8-17)32-27-24-22(14-29-26(24)30-15-31-27)25(34)21-12-11-20(13-23(21)28)35-19-5-3-2-4-6-19/h2-6,11-18,33H,7-10H2,1H3,(H2,29,30,31,32). The molecule has 1 aliphatic rings. The summed E-state index contributed by atoms with van der Waals surface area (Å²) in [5.41, 5.74) is 1.42. The second kappa shape index (κ2) is 10.1. The predicted molar refractivity (Wildman–Crippen MR) is 136 cm³/mol. The lowest BCUT2D eigenvalue weighted by molar-refractivity contribution is 0.0986. The molecular formula is C27H27ClN4O3. The van der Waals surface area contributed by atoms with E-state index in [0.29, 0.717) is 50.4 Å². The maximum Gasteiger partial charge on any atom is 0.196 e. The number of ether oxygens (including phenoxy) is 1. The number of ketones is 1. The zero-order valence-electron chi connectivity index (χ0n) is 19.4. The van der Waals surface area contributed by atoms with Crippen molar-refractivity contribution in [2.24, 2.45) is 5.92 Å². The van der Waals surface area contributed by atoms with Crippen LogP contribution in [0.2, 0.25) is 5.02 Å². The highest BCUT2D eigenvalue weighted by atomic mass is 35.5. The summed E-state index contributed by atoms with van der Waals surface area (Å²) in [5, 5.41) is 14.3. The van der Waals surface area contributed by atoms with Crippen LogP contribution in [-0.2, 0) is 0 Å². The number of aliphatic hydroxyl groups excluding tert-OH is 1. The van der Waals surface area contributed by atoms with Crippen LogP contribution in [0.15, 0.2) is 61.1 Å². The summed E-state index contributed by atoms with van der Waals surface area (Å²) < 4.78 is 5.83. The van der Waals surface area contributed by atoms with Crippen molar-refractivity contribution in [3.8, 4) is 11.5 Å². The topological polar surface area (TPSA) is 100 Å². The minimum absolute atomic E-state index is 0.219. The van der Waals surface area contributed by atoms with E-state index in [9.17, 15) is 9.90 Å². The largest absolute Gasteiger partial charge is 0.457 e. The molecule has 0 saturated heterocycles. The average Bonchev–Trinajstić information content (AvgIpc) is 3.30. The molecule has 8 heteroatoms. The van der Waals surface area contributed by atoms with E-state index in [1.165, 1.54) is 6.33 Å². The van der Waals surface area contributed by atoms with Gasteiger partial charge in [0.05, 0.1) is 22.1 Å². The molecule has 4 aromatic rings. The maximum absolute atomic E-state index is 13.5. The van der Waals surface area contributed by atoms with Crippen LogP contribution in [0, 0.1) is 5.92 Å². The van der Waals surface area contributed by atoms with E-state index >= 15 is 0 Å². The first kappa shape index (κ1) is 23.3. The van der Waals surface area contributed by atoms with Crippen molar-refractivity contribution in [1.29, 1.82) is 0 Å². The Hall–Kier alpha value is -3.42. The van der Waals surface area contributed by atoms with E-state index in [1.54, 1.807) is 24.4 Å². The average molecular weight is 491 g/mol. The quantitative estimate of drug-likeness (QED) is 0.275. The Morgan fingerprint density at radius 2 is 1.86 bits per heavy atom. The fourth-order valence-corrected chi connectivity index (χ4v) is 4.96. The van der Waals surface area contributed by atoms with Gasteiger partial charge in [0.1, 0.15) is 29.3 Å². The molecule has 1 unspecified atom stereocenters. The van der Waals surface area contributed by atoms with Gasteiger partial charge in [0.15, 0.2) is 5.78 Å². The number of anilines is 1. The van der Waals surface area contributed by atoms with E-state index in [4.69, 9.17) is 16.3 Å². The van der Waals surface area contributed by atoms with Crippen LogP contribution in [0.4, 0.5) is 5.82 Å². The first-order valence-corrected chi connectivity index (χ1v) is 12.2. The molecule has 7 nitrogen and oxygen atoms in total. The number of para-hydroxylation sites is 1. The number of benzene rings is 2. The number of aromatic amines is 1. The van der Waals surface area contributed by atoms with Gasteiger partial charge in [0, 0.05) is 23.9 Å². The number of rotatable bonds is 7. The van der Waals surface area contributed by atoms with Crippen LogP contribution >= 0.6 is 11.6 Å². The van der Waals surface area contributed by atoms with Crippen molar-refractivity contribution < 1.29 is 14.6 Å². The lowest BCUT2D eigenvalue weighted by Gasteiger charge is -2.31. The summed E-state index contributed by atoms with van der Waals surface area (Å²) in [6.45, 7) is 1.86. The molecule has 35 heavy (non-hydrogen) atoms. The van der Waals surface area contributed by atoms with E-state index in [-0.39, 0.29) is 17.9 Å². The minimum atomic E-state index is -0.287. The third kappa shape index (κ3) is 5.01. The maximum atomic E-state index is 13.5. The molecule has 2 aromatic heterocycles. The third-order valence-corrected chi connectivity index (χ3v) is 6.99. The van der Waals surface area contributed by atoms with Crippen molar-refractivity contribution >= 4 is 34.2 Å². The predicted octanol–water partition coefficient (Wildman–Crippen LogP) is 5.99. The number of hydrogen-bond donors (Lipinski definition) is 3. The van der Waals surface area contributed by atoms with Crippen LogP contribution in [0.25, 0.3) is 11.0 Å². The summed E-state index contributed by atoms with van der Waals surface area (Å²) >= 11 is 6.51. The molecule has 1 aliphatic carbocycles. The zero-order chi connectivity index (χ0) is 24.4. The Labute approximate surface area is 208 Å². The highest BCUT2D eigenvalue weighted by Crippen LogP contribution is 2.33. The second-order valence-electron chi connectivity index (χ2n) is 9.03. The monoisotopic (exact) mass is 490 g/mol. The molecule has 0 aliphatic heterocycles. The SMILES string of the molecule is CC(O)C1CCC(Nc2ncnc3[nH]cc(C(=O)c4ccc(Oc5ccccc5)cc4Cl)c23)CC1. The van der Waals surface area contributed by atoms with Crippen molar-refractivity contribution in [3.63, 3.8) is 0 Å². The molecule has 1 atom stereocenters. The number of aromatic nitrogens is 3. The van der Waals surface area contributed by atoms with Gasteiger partial charge < -0.3 is 20.1 Å². The van der Waals surface area contributed by atoms with Crippen molar-refractivity contribution in [1.82, 2.24) is 15.0 Å². The number of hydrogen-bond acceptors (Lipinski definition) is 6. The van der Waals surface area contributed by atoms with Crippen molar-refractivity contribution in [3.05, 3.63) is 77.2 Å². The van der Waals surface area contributed by atoms with Gasteiger partial charge in [-0.2, -0.15) is 0 Å². The number of H-pyrrole nitrogens is 1. The number of nitrogens with one attached hydrogen (secondary N) is 2. The van der Waals surface area contributed by atoms with Gasteiger partial charge in [-0.15, -0.1) is 0 Å². The second-order valence-corrected chi connectivity index (χ2v) is 9.44. The van der Waals surface area contributed by atoms with E-state index in [2.05, 4.69) is 20.3 Å². The van der Waals surface area contributed by atoms with Gasteiger partial charge in [-0.3, -0.25) is 4.79 Å². The summed E-state index contributed by atoms with van der Waals surface area (Å²) in [7, 11) is 0. The molecule has 0 bridgehead atoms. The van der Waals surface area contributed by atoms with E-state index in [0.717, 1.165) is 25.7 Å². The van der Waals surface area contributed by atoms with Crippen LogP contribution in [-0.4, -0.2) is 38.0 Å². The van der Waals surface area contributed by atoms with Crippen LogP contribution < -0.4 is 10.1 Å². The smallest absolute Gasteiger partial charge is 0.196 e. The normalized spacial score (nSPS) is 18.8. The third-order valence-electron chi connectivity index (χ3n) is 6.67. The molecule has 1 fully saturated rings. The minimum Gasteiger partial charge on any atom is -0.457 e. The molecule has 0 spiro atoms. The molecule has 5 rings (SSSR count). The molecule has 1 saturated carbocycles. The molecule has 180 valence electrons. The Kier molecular flexibility index (Phi) is 6.70. The highest BCUT2D eigenvalue weighted by molar-refractivity contribution is 6.35. The van der Waals surface area contributed by atoms with Gasteiger partial charge in [-0.1, -0.05) is 29.8 Å². The van der Waals surface area contributed by atoms with Gasteiger partial charge in [-0.25, -0.2) is 9.97 Å². The molecule has 0 radical (unpaired) electrons. The molecule has 3 N–H and O–H groups in total. The Balaban J connectivity index is 1.39. The van der Waals surface area contributed by atoms with Crippen molar-refractivity contribution in [2.45, 2.75) is 44.8 Å². The fourth-order valence-electron chi connectivity index (χ4n) is 4.70. The number of carbonyl (C=O) groups is 1. The van der Waals surface area contributed by atoms with Crippen LogP contribution in [0.1, 0.15) is 48.5 Å². The number of aliphatic hydroxyl groups is 1. The summed E-state index contributed by atoms with van der Waals surface area (Å²) in [6, 6.07) is 14.7. The van der Waals surface area contributed by atoms with Crippen LogP contribution in [0.3, 0.4) is 0 Å². The first-order chi connectivity index (χ1) is 17.0. The van der Waals surface area contributed by atoms with Gasteiger partial charge in [-0.05, 0) is 62.8 Å². The van der Waals surface area contributed by atoms with Gasteiger partial charge >= 0.3 is 0 Å².